The number of amides is 1. The van der Waals surface area contributed by atoms with Crippen molar-refractivity contribution in [3.8, 4) is 0 Å². The maximum absolute atomic E-state index is 12.8. The predicted octanol–water partition coefficient (Wildman–Crippen LogP) is 3.44. The summed E-state index contributed by atoms with van der Waals surface area (Å²) in [7, 11) is 0. The second-order valence-corrected chi connectivity index (χ2v) is 6.40. The molecule has 1 heterocycles. The molecule has 0 unspecified atom stereocenters. The highest BCUT2D eigenvalue weighted by molar-refractivity contribution is 7.13. The van der Waals surface area contributed by atoms with Gasteiger partial charge in [-0.05, 0) is 43.9 Å². The zero-order valence-corrected chi connectivity index (χ0v) is 12.7. The molecule has 2 aromatic rings. The van der Waals surface area contributed by atoms with Crippen LogP contribution in [0.25, 0.3) is 0 Å². The molecule has 1 aromatic carbocycles. The number of rotatable bonds is 5. The summed E-state index contributed by atoms with van der Waals surface area (Å²) in [6.45, 7) is 2.43. The summed E-state index contributed by atoms with van der Waals surface area (Å²) in [5, 5.41) is 4.01. The maximum atomic E-state index is 12.8. The van der Waals surface area contributed by atoms with Crippen molar-refractivity contribution in [1.82, 2.24) is 10.3 Å². The van der Waals surface area contributed by atoms with Crippen LogP contribution in [0, 0.1) is 12.7 Å². The molecule has 3 nitrogen and oxygen atoms in total. The predicted molar refractivity (Wildman–Crippen MR) is 81.3 cm³/mol. The lowest BCUT2D eigenvalue weighted by Crippen LogP contribution is -2.25. The summed E-state index contributed by atoms with van der Waals surface area (Å²) in [6.07, 6.45) is 3.08. The fraction of sp³-hybridized carbons (Fsp3) is 0.375. The molecule has 5 heteroatoms. The molecule has 3 rings (SSSR count). The van der Waals surface area contributed by atoms with Crippen molar-refractivity contribution < 1.29 is 9.18 Å². The minimum absolute atomic E-state index is 0.0565. The first-order valence-corrected chi connectivity index (χ1v) is 7.95. The number of hydrogen-bond acceptors (Lipinski definition) is 3. The van der Waals surface area contributed by atoms with Crippen molar-refractivity contribution in [2.45, 2.75) is 32.1 Å². The average molecular weight is 304 g/mol. The number of thiazole rings is 1. The second-order valence-electron chi connectivity index (χ2n) is 5.37. The number of halogens is 1. The fourth-order valence-corrected chi connectivity index (χ4v) is 3.34. The smallest absolute Gasteiger partial charge is 0.263 e. The van der Waals surface area contributed by atoms with Crippen LogP contribution in [0.2, 0.25) is 0 Å². The van der Waals surface area contributed by atoms with E-state index in [1.54, 1.807) is 12.1 Å². The van der Waals surface area contributed by atoms with E-state index in [1.807, 2.05) is 6.92 Å². The van der Waals surface area contributed by atoms with Crippen molar-refractivity contribution >= 4 is 17.2 Å². The van der Waals surface area contributed by atoms with Crippen molar-refractivity contribution in [3.63, 3.8) is 0 Å². The third-order valence-corrected chi connectivity index (χ3v) is 4.88. The minimum atomic E-state index is -0.240. The molecule has 1 fully saturated rings. The molecule has 0 saturated heterocycles. The molecule has 1 aliphatic carbocycles. The van der Waals surface area contributed by atoms with E-state index < -0.39 is 0 Å². The Bertz CT molecular complexity index is 647. The average Bonchev–Trinajstić information content (AvgIpc) is 3.24. The van der Waals surface area contributed by atoms with Crippen LogP contribution in [0.5, 0.6) is 0 Å². The molecule has 1 aromatic heterocycles. The van der Waals surface area contributed by atoms with Gasteiger partial charge in [0.15, 0.2) is 0 Å². The van der Waals surface area contributed by atoms with Crippen LogP contribution in [0.1, 0.15) is 44.7 Å². The van der Waals surface area contributed by atoms with Crippen LogP contribution in [0.4, 0.5) is 4.39 Å². The molecule has 0 bridgehead atoms. The number of carbonyl (C=O) groups is 1. The van der Waals surface area contributed by atoms with E-state index in [9.17, 15) is 9.18 Å². The molecule has 110 valence electrons. The lowest BCUT2D eigenvalue weighted by molar-refractivity contribution is 0.0957. The Hall–Kier alpha value is -1.75. The monoisotopic (exact) mass is 304 g/mol. The molecule has 0 spiro atoms. The summed E-state index contributed by atoms with van der Waals surface area (Å²) in [5.41, 5.74) is 1.83. The Balaban J connectivity index is 1.55. The van der Waals surface area contributed by atoms with Crippen molar-refractivity contribution in [1.29, 1.82) is 0 Å². The van der Waals surface area contributed by atoms with Crippen molar-refractivity contribution in [3.05, 3.63) is 51.2 Å². The molecule has 1 aliphatic rings. The number of benzene rings is 1. The van der Waals surface area contributed by atoms with Gasteiger partial charge in [-0.15, -0.1) is 11.3 Å². The van der Waals surface area contributed by atoms with E-state index in [2.05, 4.69) is 10.3 Å². The van der Waals surface area contributed by atoms with Crippen molar-refractivity contribution in [2.75, 3.05) is 6.54 Å². The van der Waals surface area contributed by atoms with Gasteiger partial charge in [0.1, 0.15) is 10.7 Å². The molecule has 1 amide bonds. The minimum Gasteiger partial charge on any atom is -0.351 e. The van der Waals surface area contributed by atoms with E-state index in [0.717, 1.165) is 21.1 Å². The molecule has 0 atom stereocenters. The standard InChI is InChI=1S/C16H17FN2OS/c1-10-14(21-16(19-10)12-4-5-12)15(20)18-9-8-11-2-6-13(17)7-3-11/h2-3,6-7,12H,4-5,8-9H2,1H3,(H,18,20). The number of carbonyl (C=O) groups excluding carboxylic acids is 1. The zero-order valence-electron chi connectivity index (χ0n) is 11.9. The Morgan fingerprint density at radius 3 is 2.76 bits per heavy atom. The number of aryl methyl sites for hydroxylation is 1. The quantitative estimate of drug-likeness (QED) is 0.919. The molecule has 0 aliphatic heterocycles. The highest BCUT2D eigenvalue weighted by Crippen LogP contribution is 2.42. The van der Waals surface area contributed by atoms with Gasteiger partial charge in [0.2, 0.25) is 0 Å². The van der Waals surface area contributed by atoms with Crippen LogP contribution in [0.15, 0.2) is 24.3 Å². The van der Waals surface area contributed by atoms with Crippen LogP contribution >= 0.6 is 11.3 Å². The van der Waals surface area contributed by atoms with Gasteiger partial charge < -0.3 is 5.32 Å². The van der Waals surface area contributed by atoms with Gasteiger partial charge in [-0.2, -0.15) is 0 Å². The fourth-order valence-electron chi connectivity index (χ4n) is 2.18. The number of hydrogen-bond donors (Lipinski definition) is 1. The Kier molecular flexibility index (Phi) is 4.01. The van der Waals surface area contributed by atoms with E-state index in [0.29, 0.717) is 18.9 Å². The van der Waals surface area contributed by atoms with Crippen LogP contribution in [-0.2, 0) is 6.42 Å². The summed E-state index contributed by atoms with van der Waals surface area (Å²) < 4.78 is 12.8. The van der Waals surface area contributed by atoms with E-state index in [4.69, 9.17) is 0 Å². The van der Waals surface area contributed by atoms with Gasteiger partial charge in [0.25, 0.3) is 5.91 Å². The van der Waals surface area contributed by atoms with Gasteiger partial charge in [0.05, 0.1) is 10.7 Å². The summed E-state index contributed by atoms with van der Waals surface area (Å²) in [5.74, 6) is 0.282. The Labute approximate surface area is 127 Å². The molecule has 1 saturated carbocycles. The van der Waals surface area contributed by atoms with E-state index >= 15 is 0 Å². The largest absolute Gasteiger partial charge is 0.351 e. The molecular weight excluding hydrogens is 287 g/mol. The third-order valence-electron chi connectivity index (χ3n) is 3.56. The topological polar surface area (TPSA) is 42.0 Å². The molecule has 1 N–H and O–H groups in total. The van der Waals surface area contributed by atoms with Gasteiger partial charge in [-0.1, -0.05) is 12.1 Å². The van der Waals surface area contributed by atoms with Crippen LogP contribution in [0.3, 0.4) is 0 Å². The zero-order chi connectivity index (χ0) is 14.8. The summed E-state index contributed by atoms with van der Waals surface area (Å²) >= 11 is 1.51. The number of nitrogens with one attached hydrogen (secondary N) is 1. The van der Waals surface area contributed by atoms with Gasteiger partial charge in [-0.25, -0.2) is 9.37 Å². The summed E-state index contributed by atoms with van der Waals surface area (Å²) in [6, 6.07) is 6.36. The van der Waals surface area contributed by atoms with Crippen LogP contribution < -0.4 is 5.32 Å². The van der Waals surface area contributed by atoms with Crippen molar-refractivity contribution in [2.24, 2.45) is 0 Å². The van der Waals surface area contributed by atoms with Crippen LogP contribution in [-0.4, -0.2) is 17.4 Å². The number of nitrogens with zero attached hydrogens (tertiary/aromatic N) is 1. The first-order chi connectivity index (χ1) is 10.1. The number of aromatic nitrogens is 1. The van der Waals surface area contributed by atoms with Gasteiger partial charge in [0, 0.05) is 12.5 Å². The van der Waals surface area contributed by atoms with E-state index in [-0.39, 0.29) is 11.7 Å². The SMILES string of the molecule is Cc1nc(C2CC2)sc1C(=O)NCCc1ccc(F)cc1. The highest BCUT2D eigenvalue weighted by Gasteiger charge is 2.28. The third kappa shape index (κ3) is 3.47. The first-order valence-electron chi connectivity index (χ1n) is 7.13. The maximum Gasteiger partial charge on any atom is 0.263 e. The lowest BCUT2D eigenvalue weighted by atomic mass is 10.1. The first kappa shape index (κ1) is 14.2. The normalized spacial score (nSPS) is 14.2. The second kappa shape index (κ2) is 5.93. The highest BCUT2D eigenvalue weighted by atomic mass is 32.1. The van der Waals surface area contributed by atoms with Gasteiger partial charge >= 0.3 is 0 Å². The Morgan fingerprint density at radius 2 is 2.10 bits per heavy atom. The Morgan fingerprint density at radius 1 is 1.38 bits per heavy atom. The molecule has 0 radical (unpaired) electrons. The summed E-state index contributed by atoms with van der Waals surface area (Å²) in [4.78, 5) is 17.4. The molecule has 21 heavy (non-hydrogen) atoms. The van der Waals surface area contributed by atoms with Gasteiger partial charge in [-0.3, -0.25) is 4.79 Å². The lowest BCUT2D eigenvalue weighted by Gasteiger charge is -2.04. The van der Waals surface area contributed by atoms with E-state index in [1.165, 1.54) is 36.3 Å². The molecular formula is C16H17FN2OS.